The summed E-state index contributed by atoms with van der Waals surface area (Å²) in [5.41, 5.74) is -1.80. The highest BCUT2D eigenvalue weighted by Gasteiger charge is 2.31. The van der Waals surface area contributed by atoms with Crippen molar-refractivity contribution >= 4 is 0 Å². The van der Waals surface area contributed by atoms with Crippen LogP contribution in [0.15, 0.2) is 23.3 Å². The molecule has 1 N–H and O–H groups in total. The molecule has 0 unspecified atom stereocenters. The maximum Gasteiger partial charge on any atom is 0.417 e. The standard InChI is InChI=1S/C7H4F3N5O/c8-7(9,10)4-1-5(3-11-2-4)15-6(16)12-13-14-15/h1-3H,(H,12,14,16). The molecular formula is C7H4F3N5O. The van der Waals surface area contributed by atoms with Crippen LogP contribution in [0, 0.1) is 0 Å². The van der Waals surface area contributed by atoms with Gasteiger partial charge in [-0.2, -0.15) is 17.9 Å². The summed E-state index contributed by atoms with van der Waals surface area (Å²) in [6.07, 6.45) is -2.77. The lowest BCUT2D eigenvalue weighted by atomic mass is 10.2. The molecule has 0 bridgehead atoms. The van der Waals surface area contributed by atoms with E-state index in [-0.39, 0.29) is 5.69 Å². The molecule has 0 radical (unpaired) electrons. The van der Waals surface area contributed by atoms with Crippen molar-refractivity contribution in [2.45, 2.75) is 6.18 Å². The molecule has 0 aromatic carbocycles. The van der Waals surface area contributed by atoms with Crippen molar-refractivity contribution < 1.29 is 13.2 Å². The zero-order valence-corrected chi connectivity index (χ0v) is 7.56. The Morgan fingerprint density at radius 2 is 2.06 bits per heavy atom. The quantitative estimate of drug-likeness (QED) is 0.769. The lowest BCUT2D eigenvalue weighted by Crippen LogP contribution is -2.17. The van der Waals surface area contributed by atoms with E-state index in [0.717, 1.165) is 12.3 Å². The van der Waals surface area contributed by atoms with Gasteiger partial charge in [-0.15, -0.1) is 0 Å². The van der Waals surface area contributed by atoms with E-state index >= 15 is 0 Å². The van der Waals surface area contributed by atoms with Gasteiger partial charge in [-0.05, 0) is 16.5 Å². The fourth-order valence-electron chi connectivity index (χ4n) is 1.07. The van der Waals surface area contributed by atoms with E-state index < -0.39 is 17.4 Å². The molecular weight excluding hydrogens is 227 g/mol. The summed E-state index contributed by atoms with van der Waals surface area (Å²) in [5.74, 6) is 0. The molecule has 0 spiro atoms. The Labute approximate surface area is 85.7 Å². The summed E-state index contributed by atoms with van der Waals surface area (Å²) in [7, 11) is 0. The van der Waals surface area contributed by atoms with Crippen molar-refractivity contribution in [3.8, 4) is 5.69 Å². The Kier molecular flexibility index (Phi) is 2.22. The van der Waals surface area contributed by atoms with Crippen LogP contribution in [0.3, 0.4) is 0 Å². The molecule has 2 aromatic heterocycles. The lowest BCUT2D eigenvalue weighted by molar-refractivity contribution is -0.137. The molecule has 9 heteroatoms. The summed E-state index contributed by atoms with van der Waals surface area (Å²) in [4.78, 5) is 14.4. The zero-order valence-electron chi connectivity index (χ0n) is 7.56. The van der Waals surface area contributed by atoms with Gasteiger partial charge >= 0.3 is 11.9 Å². The third-order valence-corrected chi connectivity index (χ3v) is 1.77. The van der Waals surface area contributed by atoms with Gasteiger partial charge in [0.25, 0.3) is 0 Å². The minimum absolute atomic E-state index is 0.103. The minimum Gasteiger partial charge on any atom is -0.262 e. The molecule has 2 aromatic rings. The number of aromatic amines is 1. The normalized spacial score (nSPS) is 11.7. The van der Waals surface area contributed by atoms with Crippen molar-refractivity contribution in [2.24, 2.45) is 0 Å². The Bertz CT molecular complexity index is 557. The average Bonchev–Trinajstić information content (AvgIpc) is 2.63. The van der Waals surface area contributed by atoms with Gasteiger partial charge in [0.15, 0.2) is 0 Å². The molecule has 0 saturated heterocycles. The third-order valence-electron chi connectivity index (χ3n) is 1.77. The van der Waals surface area contributed by atoms with E-state index in [0.29, 0.717) is 10.9 Å². The van der Waals surface area contributed by atoms with E-state index in [2.05, 4.69) is 15.4 Å². The smallest absolute Gasteiger partial charge is 0.262 e. The summed E-state index contributed by atoms with van der Waals surface area (Å²) in [6.45, 7) is 0. The van der Waals surface area contributed by atoms with Gasteiger partial charge in [-0.3, -0.25) is 4.98 Å². The van der Waals surface area contributed by atoms with Crippen molar-refractivity contribution in [1.29, 1.82) is 0 Å². The van der Waals surface area contributed by atoms with E-state index in [1.807, 2.05) is 5.10 Å². The van der Waals surface area contributed by atoms with Gasteiger partial charge in [0.1, 0.15) is 0 Å². The van der Waals surface area contributed by atoms with Crippen LogP contribution >= 0.6 is 0 Å². The second-order valence-electron chi connectivity index (χ2n) is 2.85. The molecule has 0 amide bonds. The molecule has 2 rings (SSSR count). The number of nitrogens with one attached hydrogen (secondary N) is 1. The molecule has 0 fully saturated rings. The number of halogens is 3. The summed E-state index contributed by atoms with van der Waals surface area (Å²) >= 11 is 0. The number of tetrazole rings is 1. The van der Waals surface area contributed by atoms with Crippen LogP contribution in [0.5, 0.6) is 0 Å². The van der Waals surface area contributed by atoms with Gasteiger partial charge in [-0.1, -0.05) is 0 Å². The number of nitrogens with zero attached hydrogens (tertiary/aromatic N) is 4. The first kappa shape index (κ1) is 10.3. The minimum atomic E-state index is -4.52. The number of hydrogen-bond donors (Lipinski definition) is 1. The number of aromatic nitrogens is 5. The lowest BCUT2D eigenvalue weighted by Gasteiger charge is -2.06. The van der Waals surface area contributed by atoms with Gasteiger partial charge in [0, 0.05) is 6.20 Å². The number of hydrogen-bond acceptors (Lipinski definition) is 4. The van der Waals surface area contributed by atoms with E-state index in [4.69, 9.17) is 0 Å². The summed E-state index contributed by atoms with van der Waals surface area (Å²) in [5, 5.41) is 8.42. The highest BCUT2D eigenvalue weighted by molar-refractivity contribution is 5.31. The summed E-state index contributed by atoms with van der Waals surface area (Å²) < 4.78 is 37.7. The van der Waals surface area contributed by atoms with E-state index in [1.165, 1.54) is 0 Å². The summed E-state index contributed by atoms with van der Waals surface area (Å²) in [6, 6.07) is 0.761. The maximum absolute atomic E-state index is 12.3. The Balaban J connectivity index is 2.53. The molecule has 0 aliphatic carbocycles. The van der Waals surface area contributed by atoms with Gasteiger partial charge in [0.05, 0.1) is 17.4 Å². The first-order valence-corrected chi connectivity index (χ1v) is 4.01. The monoisotopic (exact) mass is 231 g/mol. The molecule has 84 valence electrons. The zero-order chi connectivity index (χ0) is 11.8. The first-order chi connectivity index (χ1) is 7.48. The van der Waals surface area contributed by atoms with E-state index in [1.54, 1.807) is 0 Å². The fourth-order valence-corrected chi connectivity index (χ4v) is 1.07. The average molecular weight is 231 g/mol. The predicted octanol–water partition coefficient (Wildman–Crippen LogP) is 0.369. The van der Waals surface area contributed by atoms with Crippen LogP contribution in [0.4, 0.5) is 13.2 Å². The maximum atomic E-state index is 12.3. The van der Waals surface area contributed by atoms with E-state index in [9.17, 15) is 18.0 Å². The van der Waals surface area contributed by atoms with Crippen molar-refractivity contribution in [3.63, 3.8) is 0 Å². The van der Waals surface area contributed by atoms with Crippen molar-refractivity contribution in [2.75, 3.05) is 0 Å². The van der Waals surface area contributed by atoms with Crippen LogP contribution in [0.2, 0.25) is 0 Å². The van der Waals surface area contributed by atoms with Crippen molar-refractivity contribution in [3.05, 3.63) is 34.5 Å². The third kappa shape index (κ3) is 1.78. The van der Waals surface area contributed by atoms with Crippen LogP contribution in [-0.2, 0) is 6.18 Å². The molecule has 2 heterocycles. The van der Waals surface area contributed by atoms with Gasteiger partial charge in [0.2, 0.25) is 0 Å². The number of rotatable bonds is 1. The molecule has 16 heavy (non-hydrogen) atoms. The molecule has 0 saturated carbocycles. The van der Waals surface area contributed by atoms with Gasteiger partial charge in [-0.25, -0.2) is 9.89 Å². The van der Waals surface area contributed by atoms with Crippen molar-refractivity contribution in [1.82, 2.24) is 25.2 Å². The largest absolute Gasteiger partial charge is 0.417 e. The second-order valence-corrected chi connectivity index (χ2v) is 2.85. The van der Waals surface area contributed by atoms with Crippen LogP contribution in [0.1, 0.15) is 5.56 Å². The molecule has 6 nitrogen and oxygen atoms in total. The second kappa shape index (κ2) is 3.43. The Hall–Kier alpha value is -2.19. The van der Waals surface area contributed by atoms with Crippen LogP contribution < -0.4 is 5.69 Å². The predicted molar refractivity (Wildman–Crippen MR) is 44.8 cm³/mol. The van der Waals surface area contributed by atoms with Crippen LogP contribution in [-0.4, -0.2) is 25.2 Å². The SMILES string of the molecule is O=c1[nH]nnn1-c1cncc(C(F)(F)F)c1. The Morgan fingerprint density at radius 1 is 1.31 bits per heavy atom. The fraction of sp³-hybridized carbons (Fsp3) is 0.143. The first-order valence-electron chi connectivity index (χ1n) is 4.01. The number of H-pyrrole nitrogens is 1. The molecule has 0 aliphatic heterocycles. The highest BCUT2D eigenvalue weighted by Crippen LogP contribution is 2.29. The molecule has 0 atom stereocenters. The Morgan fingerprint density at radius 3 is 2.62 bits per heavy atom. The van der Waals surface area contributed by atoms with Gasteiger partial charge < -0.3 is 0 Å². The highest BCUT2D eigenvalue weighted by atomic mass is 19.4. The molecule has 0 aliphatic rings. The number of pyridine rings is 1. The topological polar surface area (TPSA) is 76.5 Å². The number of alkyl halides is 3. The van der Waals surface area contributed by atoms with Crippen LogP contribution in [0.25, 0.3) is 5.69 Å².